The van der Waals surface area contributed by atoms with Crippen LogP contribution in [-0.4, -0.2) is 7.11 Å². The molecule has 0 bridgehead atoms. The predicted molar refractivity (Wildman–Crippen MR) is 90.3 cm³/mol. The first-order valence-electron chi connectivity index (χ1n) is 6.45. The first kappa shape index (κ1) is 13.7. The Morgan fingerprint density at radius 1 is 1.10 bits per heavy atom. The zero-order valence-electron chi connectivity index (χ0n) is 11.4. The normalized spacial score (nSPS) is 12.6. The number of alkyl halides is 1. The molecule has 0 aliphatic carbocycles. The summed E-state index contributed by atoms with van der Waals surface area (Å²) in [6.45, 7) is 2.16. The molecule has 1 unspecified atom stereocenters. The van der Waals surface area contributed by atoms with Crippen LogP contribution in [0.25, 0.3) is 10.8 Å². The molecule has 2 aromatic carbocycles. The third-order valence-electron chi connectivity index (χ3n) is 3.53. The molecule has 0 aliphatic heterocycles. The van der Waals surface area contributed by atoms with E-state index in [0.717, 1.165) is 5.75 Å². The number of rotatable bonds is 3. The van der Waals surface area contributed by atoms with Gasteiger partial charge in [-0.15, -0.1) is 11.3 Å². The van der Waals surface area contributed by atoms with Gasteiger partial charge in [0, 0.05) is 10.3 Å². The van der Waals surface area contributed by atoms with Gasteiger partial charge in [-0.2, -0.15) is 0 Å². The molecule has 1 nitrogen and oxygen atoms in total. The molecule has 0 saturated carbocycles. The van der Waals surface area contributed by atoms with Gasteiger partial charge in [-0.1, -0.05) is 52.3 Å². The molecule has 0 aliphatic rings. The number of methoxy groups -OCH3 is 1. The second-order valence-corrected chi connectivity index (χ2v) is 6.63. The van der Waals surface area contributed by atoms with E-state index in [1.54, 1.807) is 18.4 Å². The summed E-state index contributed by atoms with van der Waals surface area (Å²) in [5.74, 6) is 0.922. The van der Waals surface area contributed by atoms with E-state index in [2.05, 4.69) is 65.3 Å². The molecule has 0 spiro atoms. The summed E-state index contributed by atoms with van der Waals surface area (Å²) in [5, 5.41) is 4.67. The van der Waals surface area contributed by atoms with Crippen LogP contribution in [0, 0.1) is 6.92 Å². The third-order valence-corrected chi connectivity index (χ3v) is 5.80. The van der Waals surface area contributed by atoms with Crippen LogP contribution in [0.1, 0.15) is 20.8 Å². The predicted octanol–water partition coefficient (Wildman–Crippen LogP) is 5.70. The van der Waals surface area contributed by atoms with Crippen molar-refractivity contribution < 1.29 is 4.74 Å². The van der Waals surface area contributed by atoms with Gasteiger partial charge in [0.05, 0.1) is 11.9 Å². The Morgan fingerprint density at radius 2 is 1.85 bits per heavy atom. The Balaban J connectivity index is 2.12. The van der Waals surface area contributed by atoms with Gasteiger partial charge < -0.3 is 4.74 Å². The van der Waals surface area contributed by atoms with Crippen LogP contribution >= 0.6 is 27.3 Å². The lowest BCUT2D eigenvalue weighted by molar-refractivity contribution is 0.416. The Bertz CT molecular complexity index is 748. The molecule has 3 aromatic rings. The third kappa shape index (κ3) is 2.36. The van der Waals surface area contributed by atoms with Gasteiger partial charge in [0.1, 0.15) is 5.75 Å². The lowest BCUT2D eigenvalue weighted by atomic mass is 9.98. The van der Waals surface area contributed by atoms with Crippen LogP contribution in [-0.2, 0) is 0 Å². The van der Waals surface area contributed by atoms with Gasteiger partial charge in [0.25, 0.3) is 0 Å². The number of fused-ring (bicyclic) bond motifs is 1. The highest BCUT2D eigenvalue weighted by atomic mass is 79.9. The number of hydrogen-bond acceptors (Lipinski definition) is 2. The van der Waals surface area contributed by atoms with Crippen molar-refractivity contribution in [2.45, 2.75) is 11.8 Å². The quantitative estimate of drug-likeness (QED) is 0.552. The minimum absolute atomic E-state index is 0.196. The summed E-state index contributed by atoms with van der Waals surface area (Å²) in [6, 6.07) is 15.1. The fourth-order valence-corrected chi connectivity index (χ4v) is 4.12. The van der Waals surface area contributed by atoms with Crippen molar-refractivity contribution in [3.05, 3.63) is 63.8 Å². The average molecular weight is 347 g/mol. The first-order chi connectivity index (χ1) is 9.70. The number of thiophene rings is 1. The standard InChI is InChI=1S/C17H15BrOS/c1-11-7-8-15(14-6-4-3-5-13(11)14)17(18)16-9-12(19-2)10-20-16/h3-10,17H,1-2H3. The van der Waals surface area contributed by atoms with E-state index in [9.17, 15) is 0 Å². The average Bonchev–Trinajstić information content (AvgIpc) is 2.96. The highest BCUT2D eigenvalue weighted by molar-refractivity contribution is 9.09. The van der Waals surface area contributed by atoms with Crippen LogP contribution in [0.3, 0.4) is 0 Å². The number of ether oxygens (including phenoxy) is 1. The summed E-state index contributed by atoms with van der Waals surface area (Å²) >= 11 is 5.56. The fraction of sp³-hybridized carbons (Fsp3) is 0.176. The first-order valence-corrected chi connectivity index (χ1v) is 8.25. The SMILES string of the molecule is COc1csc(C(Br)c2ccc(C)c3ccccc23)c1. The summed E-state index contributed by atoms with van der Waals surface area (Å²) < 4.78 is 5.28. The summed E-state index contributed by atoms with van der Waals surface area (Å²) in [4.78, 5) is 1.46. The lowest BCUT2D eigenvalue weighted by Gasteiger charge is -2.13. The second-order valence-electron chi connectivity index (χ2n) is 4.77. The highest BCUT2D eigenvalue weighted by Crippen LogP contribution is 2.40. The second kappa shape index (κ2) is 5.58. The molecular formula is C17H15BrOS. The van der Waals surface area contributed by atoms with E-state index in [1.807, 2.05) is 5.38 Å². The molecule has 1 heterocycles. The van der Waals surface area contributed by atoms with Crippen LogP contribution in [0.2, 0.25) is 0 Å². The smallest absolute Gasteiger partial charge is 0.129 e. The maximum Gasteiger partial charge on any atom is 0.129 e. The van der Waals surface area contributed by atoms with Crippen molar-refractivity contribution in [3.63, 3.8) is 0 Å². The minimum atomic E-state index is 0.196. The zero-order valence-corrected chi connectivity index (χ0v) is 13.8. The summed E-state index contributed by atoms with van der Waals surface area (Å²) in [5.41, 5.74) is 2.61. The topological polar surface area (TPSA) is 9.23 Å². The van der Waals surface area contributed by atoms with E-state index >= 15 is 0 Å². The Hall–Kier alpha value is -1.32. The van der Waals surface area contributed by atoms with Gasteiger partial charge in [-0.25, -0.2) is 0 Å². The van der Waals surface area contributed by atoms with Crippen LogP contribution < -0.4 is 4.74 Å². The van der Waals surface area contributed by atoms with Gasteiger partial charge >= 0.3 is 0 Å². The molecule has 1 aromatic heterocycles. The Labute approximate surface area is 131 Å². The van der Waals surface area contributed by atoms with E-state index in [0.29, 0.717) is 0 Å². The van der Waals surface area contributed by atoms with Crippen molar-refractivity contribution in [1.29, 1.82) is 0 Å². The molecule has 3 rings (SSSR count). The maximum absolute atomic E-state index is 5.28. The number of hydrogen-bond donors (Lipinski definition) is 0. The van der Waals surface area contributed by atoms with Gasteiger partial charge in [-0.3, -0.25) is 0 Å². The molecule has 3 heteroatoms. The lowest BCUT2D eigenvalue weighted by Crippen LogP contribution is -1.93. The van der Waals surface area contributed by atoms with Crippen molar-refractivity contribution in [2.75, 3.05) is 7.11 Å². The molecule has 20 heavy (non-hydrogen) atoms. The van der Waals surface area contributed by atoms with Crippen molar-refractivity contribution in [3.8, 4) is 5.75 Å². The van der Waals surface area contributed by atoms with Crippen LogP contribution in [0.4, 0.5) is 0 Å². The number of benzene rings is 2. The molecule has 0 amide bonds. The molecule has 102 valence electrons. The number of aryl methyl sites for hydroxylation is 1. The van der Waals surface area contributed by atoms with Crippen LogP contribution in [0.15, 0.2) is 47.8 Å². The molecule has 0 N–H and O–H groups in total. The van der Waals surface area contributed by atoms with E-state index in [1.165, 1.54) is 26.8 Å². The maximum atomic E-state index is 5.28. The van der Waals surface area contributed by atoms with Crippen molar-refractivity contribution in [1.82, 2.24) is 0 Å². The van der Waals surface area contributed by atoms with Crippen LogP contribution in [0.5, 0.6) is 5.75 Å². The number of halogens is 1. The Morgan fingerprint density at radius 3 is 2.55 bits per heavy atom. The summed E-state index contributed by atoms with van der Waals surface area (Å²) in [7, 11) is 1.70. The molecule has 0 radical (unpaired) electrons. The zero-order chi connectivity index (χ0) is 14.1. The van der Waals surface area contributed by atoms with Crippen molar-refractivity contribution in [2.24, 2.45) is 0 Å². The fourth-order valence-electron chi connectivity index (χ4n) is 2.42. The molecule has 0 saturated heterocycles. The molecular weight excluding hydrogens is 332 g/mol. The monoisotopic (exact) mass is 346 g/mol. The van der Waals surface area contributed by atoms with E-state index < -0.39 is 0 Å². The van der Waals surface area contributed by atoms with E-state index in [-0.39, 0.29) is 4.83 Å². The van der Waals surface area contributed by atoms with Gasteiger partial charge in [0.15, 0.2) is 0 Å². The van der Waals surface area contributed by atoms with Gasteiger partial charge in [-0.05, 0) is 34.9 Å². The molecule has 0 fully saturated rings. The van der Waals surface area contributed by atoms with Gasteiger partial charge in [0.2, 0.25) is 0 Å². The highest BCUT2D eigenvalue weighted by Gasteiger charge is 2.16. The largest absolute Gasteiger partial charge is 0.496 e. The minimum Gasteiger partial charge on any atom is -0.496 e. The van der Waals surface area contributed by atoms with Crippen molar-refractivity contribution >= 4 is 38.0 Å². The van der Waals surface area contributed by atoms with E-state index in [4.69, 9.17) is 4.74 Å². The summed E-state index contributed by atoms with van der Waals surface area (Å²) in [6.07, 6.45) is 0. The molecule has 1 atom stereocenters. The Kier molecular flexibility index (Phi) is 3.81.